The summed E-state index contributed by atoms with van der Waals surface area (Å²) in [6.07, 6.45) is 2.38. The fraction of sp³-hybridized carbons (Fsp3) is 0.286. The van der Waals surface area contributed by atoms with Gasteiger partial charge in [-0.05, 0) is 42.7 Å². The maximum Gasteiger partial charge on any atom is 0.387 e. The minimum atomic E-state index is -3.00. The van der Waals surface area contributed by atoms with Crippen molar-refractivity contribution in [3.05, 3.63) is 93.1 Å². The summed E-state index contributed by atoms with van der Waals surface area (Å²) in [5.74, 6) is 0.291. The Balaban J connectivity index is 1.28. The molecule has 9 heteroatoms. The van der Waals surface area contributed by atoms with Gasteiger partial charge in [-0.2, -0.15) is 8.78 Å². The highest BCUT2D eigenvalue weighted by Crippen LogP contribution is 2.42. The molecule has 2 unspecified atom stereocenters. The largest absolute Gasteiger partial charge is 0.507 e. The minimum Gasteiger partial charge on any atom is -0.507 e. The van der Waals surface area contributed by atoms with Crippen LogP contribution in [0.25, 0.3) is 6.08 Å². The maximum absolute atomic E-state index is 13.1. The van der Waals surface area contributed by atoms with Crippen LogP contribution >= 0.6 is 0 Å². The quantitative estimate of drug-likeness (QED) is 0.517. The standard InChI is InChI=1S/C28H24F2N2O5/c29-28(30)37-23-6-2-1-4-17(23)11-24-26(35)19-8-9-22(33)20(27(19)36-24)15-31-12-16-10-18(14-31)21-5-3-7-25(34)32(21)13-16/h1-9,11,16,18,28,33H,10,12-15H2/b24-11-. The second-order valence-electron chi connectivity index (χ2n) is 9.69. The molecular weight excluding hydrogens is 482 g/mol. The van der Waals surface area contributed by atoms with Gasteiger partial charge in [0.1, 0.15) is 17.2 Å². The predicted molar refractivity (Wildman–Crippen MR) is 131 cm³/mol. The molecule has 2 bridgehead atoms. The number of aromatic hydroxyl groups is 1. The van der Waals surface area contributed by atoms with E-state index in [1.807, 2.05) is 10.6 Å². The molecule has 3 aliphatic rings. The summed E-state index contributed by atoms with van der Waals surface area (Å²) in [6, 6.07) is 14.5. The van der Waals surface area contributed by atoms with Gasteiger partial charge in [0.05, 0.1) is 11.1 Å². The highest BCUT2D eigenvalue weighted by Gasteiger charge is 2.37. The number of fused-ring (bicyclic) bond motifs is 5. The van der Waals surface area contributed by atoms with E-state index >= 15 is 0 Å². The van der Waals surface area contributed by atoms with E-state index < -0.39 is 12.4 Å². The van der Waals surface area contributed by atoms with E-state index in [1.54, 1.807) is 30.3 Å². The lowest BCUT2D eigenvalue weighted by molar-refractivity contribution is -0.0499. The third-order valence-electron chi connectivity index (χ3n) is 7.27. The number of nitrogens with zero attached hydrogens (tertiary/aromatic N) is 2. The number of ketones is 1. The zero-order chi connectivity index (χ0) is 25.7. The number of carbonyl (C=O) groups is 1. The molecular formula is C28H24F2N2O5. The molecule has 4 heterocycles. The third-order valence-corrected chi connectivity index (χ3v) is 7.27. The number of Topliss-reactive ketones (excluding diaryl/α,β-unsaturated/α-hetero) is 1. The Labute approximate surface area is 211 Å². The van der Waals surface area contributed by atoms with Crippen molar-refractivity contribution < 1.29 is 28.2 Å². The summed E-state index contributed by atoms with van der Waals surface area (Å²) in [7, 11) is 0. The lowest BCUT2D eigenvalue weighted by Crippen LogP contribution is -2.46. The van der Waals surface area contributed by atoms with Gasteiger partial charge in [-0.1, -0.05) is 24.3 Å². The molecule has 3 aromatic rings. The first-order valence-corrected chi connectivity index (χ1v) is 12.1. The Kier molecular flexibility index (Phi) is 5.79. The molecule has 2 aromatic carbocycles. The van der Waals surface area contributed by atoms with Crippen LogP contribution in [-0.4, -0.2) is 40.1 Å². The van der Waals surface area contributed by atoms with Crippen molar-refractivity contribution in [1.82, 2.24) is 9.47 Å². The van der Waals surface area contributed by atoms with E-state index in [9.17, 15) is 23.5 Å². The van der Waals surface area contributed by atoms with Gasteiger partial charge in [-0.25, -0.2) is 0 Å². The number of hydrogen-bond donors (Lipinski definition) is 1. The Bertz CT molecular complexity index is 1480. The normalized spacial score (nSPS) is 21.6. The highest BCUT2D eigenvalue weighted by molar-refractivity contribution is 6.15. The average Bonchev–Trinajstić information content (AvgIpc) is 3.18. The Hall–Kier alpha value is -3.98. The van der Waals surface area contributed by atoms with E-state index in [1.165, 1.54) is 24.3 Å². The fourth-order valence-corrected chi connectivity index (χ4v) is 5.74. The van der Waals surface area contributed by atoms with Crippen LogP contribution in [0.15, 0.2) is 65.2 Å². The monoisotopic (exact) mass is 506 g/mol. The number of pyridine rings is 1. The van der Waals surface area contributed by atoms with Crippen LogP contribution in [0, 0.1) is 5.92 Å². The number of ether oxygens (including phenoxy) is 2. The van der Waals surface area contributed by atoms with Crippen LogP contribution in [0.5, 0.6) is 17.2 Å². The number of alkyl halides is 2. The number of aromatic nitrogens is 1. The lowest BCUT2D eigenvalue weighted by Gasteiger charge is -2.42. The summed E-state index contributed by atoms with van der Waals surface area (Å²) < 4.78 is 38.0. The smallest absolute Gasteiger partial charge is 0.387 e. The lowest BCUT2D eigenvalue weighted by atomic mass is 9.83. The molecule has 0 spiro atoms. The first-order chi connectivity index (χ1) is 17.9. The third kappa shape index (κ3) is 4.29. The number of halogens is 2. The van der Waals surface area contributed by atoms with Crippen LogP contribution in [0.1, 0.15) is 39.5 Å². The maximum atomic E-state index is 13.1. The molecule has 1 aromatic heterocycles. The van der Waals surface area contributed by atoms with Gasteiger partial charge in [0.25, 0.3) is 5.56 Å². The summed E-state index contributed by atoms with van der Waals surface area (Å²) >= 11 is 0. The highest BCUT2D eigenvalue weighted by atomic mass is 19.3. The molecule has 37 heavy (non-hydrogen) atoms. The van der Waals surface area contributed by atoms with E-state index in [2.05, 4.69) is 9.64 Å². The molecule has 0 radical (unpaired) electrons. The van der Waals surface area contributed by atoms with E-state index in [4.69, 9.17) is 4.74 Å². The van der Waals surface area contributed by atoms with Gasteiger partial charge in [-0.3, -0.25) is 14.5 Å². The molecule has 0 amide bonds. The molecule has 1 N–H and O–H groups in total. The van der Waals surface area contributed by atoms with Crippen molar-refractivity contribution in [3.8, 4) is 17.2 Å². The number of piperidine rings is 1. The summed E-state index contributed by atoms with van der Waals surface area (Å²) in [5.41, 5.74) is 2.13. The van der Waals surface area contributed by atoms with Crippen molar-refractivity contribution in [2.24, 2.45) is 5.92 Å². The van der Waals surface area contributed by atoms with Crippen molar-refractivity contribution in [3.63, 3.8) is 0 Å². The minimum absolute atomic E-state index is 0.0154. The van der Waals surface area contributed by atoms with Gasteiger partial charge >= 0.3 is 6.61 Å². The molecule has 190 valence electrons. The van der Waals surface area contributed by atoms with Crippen molar-refractivity contribution >= 4 is 11.9 Å². The molecule has 1 fully saturated rings. The van der Waals surface area contributed by atoms with Crippen molar-refractivity contribution in [2.75, 3.05) is 13.1 Å². The number of benzene rings is 2. The van der Waals surface area contributed by atoms with Crippen LogP contribution in [0.3, 0.4) is 0 Å². The van der Waals surface area contributed by atoms with Crippen LogP contribution in [0.2, 0.25) is 0 Å². The van der Waals surface area contributed by atoms with Gasteiger partial charge in [0.15, 0.2) is 5.76 Å². The molecule has 0 saturated carbocycles. The number of hydrogen-bond acceptors (Lipinski definition) is 6. The van der Waals surface area contributed by atoms with E-state index in [0.29, 0.717) is 36.7 Å². The topological polar surface area (TPSA) is 81.0 Å². The Morgan fingerprint density at radius 1 is 1.05 bits per heavy atom. The Morgan fingerprint density at radius 3 is 2.73 bits per heavy atom. The van der Waals surface area contributed by atoms with Gasteiger partial charge in [-0.15, -0.1) is 0 Å². The summed E-state index contributed by atoms with van der Waals surface area (Å²) in [4.78, 5) is 27.7. The second-order valence-corrected chi connectivity index (χ2v) is 9.69. The van der Waals surface area contributed by atoms with Gasteiger partial charge in [0, 0.05) is 49.4 Å². The van der Waals surface area contributed by atoms with Gasteiger partial charge in [0.2, 0.25) is 5.78 Å². The zero-order valence-electron chi connectivity index (χ0n) is 19.8. The molecule has 3 aliphatic heterocycles. The zero-order valence-corrected chi connectivity index (χ0v) is 19.8. The number of rotatable bonds is 5. The van der Waals surface area contributed by atoms with Crippen molar-refractivity contribution in [2.45, 2.75) is 32.0 Å². The number of allylic oxidation sites excluding steroid dienone is 1. The second kappa shape index (κ2) is 9.15. The van der Waals surface area contributed by atoms with Crippen LogP contribution in [0.4, 0.5) is 8.78 Å². The first-order valence-electron chi connectivity index (χ1n) is 12.1. The fourth-order valence-electron chi connectivity index (χ4n) is 5.74. The number of phenolic OH excluding ortho intramolecular Hbond substituents is 1. The van der Waals surface area contributed by atoms with Crippen LogP contribution in [-0.2, 0) is 13.1 Å². The SMILES string of the molecule is O=C1/C(=C/c2ccccc2OC(F)F)Oc2c1ccc(O)c2CN1CC2CC(C1)c1cccc(=O)n1C2. The molecule has 0 aliphatic carbocycles. The summed E-state index contributed by atoms with van der Waals surface area (Å²) in [6.45, 7) is -0.531. The molecule has 6 rings (SSSR count). The molecule has 1 saturated heterocycles. The average molecular weight is 507 g/mol. The predicted octanol–water partition coefficient (Wildman–Crippen LogP) is 4.39. The first kappa shape index (κ1) is 23.4. The van der Waals surface area contributed by atoms with E-state index in [0.717, 1.165) is 18.7 Å². The molecule has 2 atom stereocenters. The molecule has 7 nitrogen and oxygen atoms in total. The number of carbonyl (C=O) groups excluding carboxylic acids is 1. The van der Waals surface area contributed by atoms with E-state index in [-0.39, 0.29) is 40.0 Å². The Morgan fingerprint density at radius 2 is 1.89 bits per heavy atom. The number of phenols is 1. The summed E-state index contributed by atoms with van der Waals surface area (Å²) in [5, 5.41) is 10.7. The number of para-hydroxylation sites is 1. The van der Waals surface area contributed by atoms with Crippen LogP contribution < -0.4 is 15.0 Å². The van der Waals surface area contributed by atoms with Gasteiger partial charge < -0.3 is 19.1 Å². The van der Waals surface area contributed by atoms with Crippen molar-refractivity contribution in [1.29, 1.82) is 0 Å². The number of likely N-dealkylation sites (tertiary alicyclic amines) is 1.